The molecule has 4 aromatic heterocycles. The van der Waals surface area contributed by atoms with Crippen molar-refractivity contribution in [3.05, 3.63) is 46.9 Å². The highest BCUT2D eigenvalue weighted by atomic mass is 32.1. The molecule has 4 heterocycles. The smallest absolute Gasteiger partial charge is 0.336 e. The van der Waals surface area contributed by atoms with Crippen LogP contribution in [0.2, 0.25) is 0 Å². The first-order valence-corrected chi connectivity index (χ1v) is 12.0. The van der Waals surface area contributed by atoms with E-state index in [1.54, 1.807) is 35.5 Å². The lowest BCUT2D eigenvalue weighted by atomic mass is 9.96. The van der Waals surface area contributed by atoms with Crippen molar-refractivity contribution in [2.45, 2.75) is 18.4 Å². The highest BCUT2D eigenvalue weighted by Crippen LogP contribution is 2.22. The van der Waals surface area contributed by atoms with Crippen molar-refractivity contribution in [1.29, 1.82) is 0 Å². The van der Waals surface area contributed by atoms with Crippen LogP contribution in [0.4, 0.5) is 0 Å². The number of carbonyl (C=O) groups excluding carboxylic acids is 2. The number of aliphatic carboxylic acids is 3. The number of H-pyrrole nitrogens is 2. The molecule has 0 saturated carbocycles. The van der Waals surface area contributed by atoms with Crippen LogP contribution in [0.1, 0.15) is 33.8 Å². The van der Waals surface area contributed by atoms with Gasteiger partial charge in [-0.3, -0.25) is 29.4 Å². The standard InChI is InChI=1S/2C7H6N4OS.C6H8O7/c2*8-6(12)5-3-13-7(11-5)4-1-9-10-2-4;7-3(8)1-6(13,5(11)12)2-4(9)10/h2*1-3H,(H2,8,12)(H,9,10);13H,1-2H2,(H,7,8)(H,9,10)(H,11,12). The molecule has 0 unspecified atom stereocenters. The van der Waals surface area contributed by atoms with Gasteiger partial charge in [0.1, 0.15) is 21.4 Å². The first kappa shape index (κ1) is 30.2. The summed E-state index contributed by atoms with van der Waals surface area (Å²) in [5.41, 5.74) is 9.69. The monoisotopic (exact) mass is 580 g/mol. The molecule has 4 rings (SSSR count). The number of hydrogen-bond donors (Lipinski definition) is 8. The summed E-state index contributed by atoms with van der Waals surface area (Å²) in [7, 11) is 0. The Hall–Kier alpha value is -5.01. The second-order valence-electron chi connectivity index (χ2n) is 7.26. The van der Waals surface area contributed by atoms with Gasteiger partial charge in [0.2, 0.25) is 0 Å². The van der Waals surface area contributed by atoms with Gasteiger partial charge in [-0.05, 0) is 0 Å². The number of amides is 2. The van der Waals surface area contributed by atoms with E-state index in [9.17, 15) is 24.0 Å². The van der Waals surface area contributed by atoms with Gasteiger partial charge in [0.05, 0.1) is 25.2 Å². The van der Waals surface area contributed by atoms with Crippen LogP contribution in [0.3, 0.4) is 0 Å². The number of nitrogens with one attached hydrogen (secondary N) is 2. The first-order chi connectivity index (χ1) is 18.3. The third kappa shape index (κ3) is 9.10. The Morgan fingerprint density at radius 1 is 0.769 bits per heavy atom. The number of aromatic nitrogens is 6. The molecular formula is C20H20N8O9S2. The van der Waals surface area contributed by atoms with E-state index in [1.165, 1.54) is 22.7 Å². The Balaban J connectivity index is 0.000000205. The van der Waals surface area contributed by atoms with Crippen molar-refractivity contribution < 1.29 is 44.4 Å². The van der Waals surface area contributed by atoms with Crippen LogP contribution in [0.15, 0.2) is 35.5 Å². The molecule has 0 aromatic carbocycles. The number of hydrogen-bond acceptors (Lipinski definition) is 12. The van der Waals surface area contributed by atoms with Crippen LogP contribution in [0, 0.1) is 0 Å². The fourth-order valence-electron chi connectivity index (χ4n) is 2.49. The molecule has 17 nitrogen and oxygen atoms in total. The quantitative estimate of drug-likeness (QED) is 0.130. The number of primary amides is 2. The number of carbonyl (C=O) groups is 5. The van der Waals surface area contributed by atoms with Gasteiger partial charge in [-0.25, -0.2) is 14.8 Å². The summed E-state index contributed by atoms with van der Waals surface area (Å²) in [6, 6.07) is 0. The van der Waals surface area contributed by atoms with E-state index in [0.29, 0.717) is 11.4 Å². The lowest BCUT2D eigenvalue weighted by Gasteiger charge is -2.18. The van der Waals surface area contributed by atoms with E-state index in [4.69, 9.17) is 31.9 Å². The minimum absolute atomic E-state index is 0.293. The summed E-state index contributed by atoms with van der Waals surface area (Å²) in [5, 5.41) is 51.4. The molecule has 0 saturated heterocycles. The summed E-state index contributed by atoms with van der Waals surface area (Å²) >= 11 is 2.73. The molecule has 206 valence electrons. The minimum Gasteiger partial charge on any atom is -0.481 e. The number of aliphatic hydroxyl groups is 1. The van der Waals surface area contributed by atoms with E-state index in [-0.39, 0.29) is 0 Å². The van der Waals surface area contributed by atoms with Gasteiger partial charge in [0.15, 0.2) is 5.60 Å². The number of rotatable bonds is 9. The SMILES string of the molecule is NC(=O)c1csc(-c2cn[nH]c2)n1.NC(=O)c1csc(-c2cn[nH]c2)n1.O=C(O)CC(O)(CC(=O)O)C(=O)O. The molecule has 0 bridgehead atoms. The molecule has 0 aliphatic rings. The highest BCUT2D eigenvalue weighted by Gasteiger charge is 2.40. The Morgan fingerprint density at radius 2 is 1.15 bits per heavy atom. The van der Waals surface area contributed by atoms with Gasteiger partial charge in [0.25, 0.3) is 11.8 Å². The number of carboxylic acids is 3. The summed E-state index contributed by atoms with van der Waals surface area (Å²) < 4.78 is 0. The summed E-state index contributed by atoms with van der Waals surface area (Å²) in [4.78, 5) is 60.0. The van der Waals surface area contributed by atoms with E-state index in [1.807, 2.05) is 0 Å². The molecule has 0 spiro atoms. The van der Waals surface area contributed by atoms with Crippen molar-refractivity contribution in [2.24, 2.45) is 11.5 Å². The first-order valence-electron chi connectivity index (χ1n) is 10.2. The number of nitrogens with two attached hydrogens (primary N) is 2. The number of carboxylic acid groups (broad SMARTS) is 3. The molecule has 39 heavy (non-hydrogen) atoms. The minimum atomic E-state index is -2.74. The molecule has 0 fully saturated rings. The van der Waals surface area contributed by atoms with Gasteiger partial charge < -0.3 is 31.9 Å². The molecule has 10 N–H and O–H groups in total. The molecule has 4 aromatic rings. The molecular weight excluding hydrogens is 560 g/mol. The van der Waals surface area contributed by atoms with Crippen LogP contribution in [-0.4, -0.2) is 86.1 Å². The molecule has 0 aliphatic carbocycles. The number of thiazole rings is 2. The van der Waals surface area contributed by atoms with Gasteiger partial charge in [-0.15, -0.1) is 22.7 Å². The second-order valence-corrected chi connectivity index (χ2v) is 8.97. The van der Waals surface area contributed by atoms with Crippen molar-refractivity contribution >= 4 is 52.4 Å². The summed E-state index contributed by atoms with van der Waals surface area (Å²) in [6.45, 7) is 0. The zero-order valence-electron chi connectivity index (χ0n) is 19.5. The normalized spacial score (nSPS) is 10.4. The van der Waals surface area contributed by atoms with Gasteiger partial charge in [0, 0.05) is 34.3 Å². The predicted molar refractivity (Wildman–Crippen MR) is 134 cm³/mol. The zero-order valence-corrected chi connectivity index (χ0v) is 21.1. The fraction of sp³-hybridized carbons (Fsp3) is 0.150. The summed E-state index contributed by atoms with van der Waals surface area (Å²) in [6.07, 6.45) is 4.42. The Bertz CT molecular complexity index is 1330. The van der Waals surface area contributed by atoms with E-state index in [0.717, 1.165) is 21.1 Å². The van der Waals surface area contributed by atoms with Crippen LogP contribution >= 0.6 is 22.7 Å². The Labute approximate surface area is 225 Å². The summed E-state index contributed by atoms with van der Waals surface area (Å²) in [5.74, 6) is -6.04. The fourth-order valence-corrected chi connectivity index (χ4v) is 4.07. The lowest BCUT2D eigenvalue weighted by Crippen LogP contribution is -2.42. The largest absolute Gasteiger partial charge is 0.481 e. The van der Waals surface area contributed by atoms with Crippen LogP contribution in [0.5, 0.6) is 0 Å². The van der Waals surface area contributed by atoms with E-state index in [2.05, 4.69) is 30.4 Å². The average Bonchev–Trinajstić information content (AvgIpc) is 3.65. The third-order valence-electron chi connectivity index (χ3n) is 4.29. The lowest BCUT2D eigenvalue weighted by molar-refractivity contribution is -0.170. The molecule has 0 radical (unpaired) electrons. The van der Waals surface area contributed by atoms with E-state index >= 15 is 0 Å². The maximum absolute atomic E-state index is 10.7. The topological polar surface area (TPSA) is 301 Å². The van der Waals surface area contributed by atoms with E-state index < -0.39 is 48.2 Å². The molecule has 2 amide bonds. The molecule has 0 atom stereocenters. The van der Waals surface area contributed by atoms with Crippen LogP contribution < -0.4 is 11.5 Å². The molecule has 0 aliphatic heterocycles. The van der Waals surface area contributed by atoms with Crippen LogP contribution in [-0.2, 0) is 14.4 Å². The van der Waals surface area contributed by atoms with Gasteiger partial charge in [-0.2, -0.15) is 10.2 Å². The maximum atomic E-state index is 10.7. The van der Waals surface area contributed by atoms with Crippen LogP contribution in [0.25, 0.3) is 21.1 Å². The van der Waals surface area contributed by atoms with Crippen molar-refractivity contribution in [1.82, 2.24) is 30.4 Å². The van der Waals surface area contributed by atoms with Gasteiger partial charge >= 0.3 is 17.9 Å². The highest BCUT2D eigenvalue weighted by molar-refractivity contribution is 7.13. The Kier molecular flexibility index (Phi) is 10.5. The van der Waals surface area contributed by atoms with Crippen molar-refractivity contribution in [3.8, 4) is 21.1 Å². The number of aromatic amines is 2. The predicted octanol–water partition coefficient (Wildman–Crippen LogP) is 0.0157. The average molecular weight is 581 g/mol. The van der Waals surface area contributed by atoms with Crippen molar-refractivity contribution in [3.63, 3.8) is 0 Å². The molecule has 19 heteroatoms. The third-order valence-corrected chi connectivity index (χ3v) is 6.07. The van der Waals surface area contributed by atoms with Crippen molar-refractivity contribution in [2.75, 3.05) is 0 Å². The maximum Gasteiger partial charge on any atom is 0.336 e. The zero-order chi connectivity index (χ0) is 29.2. The van der Waals surface area contributed by atoms with Gasteiger partial charge in [-0.1, -0.05) is 0 Å². The second kappa shape index (κ2) is 13.5. The number of nitrogens with zero attached hydrogens (tertiary/aromatic N) is 4. The Morgan fingerprint density at radius 3 is 1.38 bits per heavy atom.